The SMILES string of the molecule is CCN1CCn2c(-c3cccc(F)c3)cnc2C12CCNCC2.O=C(O)C(F)(F)F.O=C(O)C(F)(F)F. The van der Waals surface area contributed by atoms with E-state index in [0.29, 0.717) is 0 Å². The molecule has 2 aliphatic rings. The molecule has 0 bridgehead atoms. The minimum absolute atomic E-state index is 0.0316. The van der Waals surface area contributed by atoms with Crippen molar-refractivity contribution in [3.8, 4) is 11.3 Å². The van der Waals surface area contributed by atoms with Gasteiger partial charge in [-0.3, -0.25) is 4.90 Å². The van der Waals surface area contributed by atoms with Crippen molar-refractivity contribution < 1.29 is 50.5 Å². The van der Waals surface area contributed by atoms with Crippen LogP contribution in [0.25, 0.3) is 11.3 Å². The van der Waals surface area contributed by atoms with Crippen LogP contribution in [0.1, 0.15) is 25.6 Å². The minimum Gasteiger partial charge on any atom is -0.475 e. The molecule has 0 radical (unpaired) electrons. The number of aliphatic carboxylic acids is 2. The second kappa shape index (κ2) is 11.9. The minimum atomic E-state index is -5.08. The maximum atomic E-state index is 13.6. The van der Waals surface area contributed by atoms with Crippen LogP contribution in [0, 0.1) is 5.82 Å². The number of likely N-dealkylation sites (N-methyl/N-ethyl adjacent to an activating group) is 1. The molecule has 8 nitrogen and oxygen atoms in total. The Morgan fingerprint density at radius 3 is 2.03 bits per heavy atom. The summed E-state index contributed by atoms with van der Waals surface area (Å²) in [4.78, 5) is 25.2. The van der Waals surface area contributed by atoms with Crippen molar-refractivity contribution in [1.82, 2.24) is 19.8 Å². The maximum Gasteiger partial charge on any atom is 0.490 e. The normalized spacial score (nSPS) is 17.1. The van der Waals surface area contributed by atoms with Gasteiger partial charge in [-0.1, -0.05) is 19.1 Å². The van der Waals surface area contributed by atoms with Crippen molar-refractivity contribution in [2.45, 2.75) is 44.2 Å². The number of benzene rings is 1. The van der Waals surface area contributed by atoms with Crippen LogP contribution < -0.4 is 5.32 Å². The van der Waals surface area contributed by atoms with E-state index in [2.05, 4.69) is 21.7 Å². The number of piperidine rings is 1. The highest BCUT2D eigenvalue weighted by atomic mass is 19.4. The number of nitrogens with zero attached hydrogens (tertiary/aromatic N) is 3. The highest BCUT2D eigenvalue weighted by Crippen LogP contribution is 2.40. The fourth-order valence-electron chi connectivity index (χ4n) is 4.27. The van der Waals surface area contributed by atoms with Crippen LogP contribution in [0.2, 0.25) is 0 Å². The summed E-state index contributed by atoms with van der Waals surface area (Å²) >= 11 is 0. The molecule has 1 aromatic heterocycles. The van der Waals surface area contributed by atoms with Gasteiger partial charge >= 0.3 is 24.3 Å². The van der Waals surface area contributed by atoms with E-state index < -0.39 is 24.3 Å². The lowest BCUT2D eigenvalue weighted by Crippen LogP contribution is -2.57. The largest absolute Gasteiger partial charge is 0.490 e. The summed E-state index contributed by atoms with van der Waals surface area (Å²) in [6.45, 7) is 7.28. The number of rotatable bonds is 2. The number of alkyl halides is 6. The Bertz CT molecular complexity index is 1060. The summed E-state index contributed by atoms with van der Waals surface area (Å²) in [5.74, 6) is -4.55. The van der Waals surface area contributed by atoms with E-state index in [-0.39, 0.29) is 11.4 Å². The summed E-state index contributed by atoms with van der Waals surface area (Å²) in [6.07, 6.45) is -6.08. The molecule has 0 unspecified atom stereocenters. The second-order valence-electron chi connectivity index (χ2n) is 8.10. The first-order valence-corrected chi connectivity index (χ1v) is 11.0. The topological polar surface area (TPSA) is 108 Å². The molecule has 1 fully saturated rings. The van der Waals surface area contributed by atoms with Crippen molar-refractivity contribution in [3.63, 3.8) is 0 Å². The van der Waals surface area contributed by atoms with Gasteiger partial charge in [0.15, 0.2) is 0 Å². The third-order valence-electron chi connectivity index (χ3n) is 5.89. The standard InChI is InChI=1S/C18H23FN4.2C2HF3O2/c1-2-22-10-11-23-16(14-4-3-5-15(19)12-14)13-21-17(23)18(22)6-8-20-9-7-18;2*3-2(4,5)1(6)7/h3-5,12-13,20H,2,6-11H2,1H3;2*(H,6,7). The van der Waals surface area contributed by atoms with Gasteiger partial charge in [-0.15, -0.1) is 0 Å². The monoisotopic (exact) mass is 542 g/mol. The Morgan fingerprint density at radius 1 is 1.03 bits per heavy atom. The van der Waals surface area contributed by atoms with E-state index in [1.807, 2.05) is 12.3 Å². The zero-order valence-corrected chi connectivity index (χ0v) is 19.5. The van der Waals surface area contributed by atoms with E-state index >= 15 is 0 Å². The molecule has 0 aliphatic carbocycles. The Kier molecular flexibility index (Phi) is 9.66. The van der Waals surface area contributed by atoms with E-state index in [0.717, 1.165) is 62.6 Å². The molecular weight excluding hydrogens is 517 g/mol. The predicted molar refractivity (Wildman–Crippen MR) is 116 cm³/mol. The fourth-order valence-corrected chi connectivity index (χ4v) is 4.27. The lowest BCUT2D eigenvalue weighted by atomic mass is 9.84. The molecule has 15 heteroatoms. The molecule has 37 heavy (non-hydrogen) atoms. The first-order valence-electron chi connectivity index (χ1n) is 11.0. The zero-order chi connectivity index (χ0) is 28.0. The average molecular weight is 542 g/mol. The van der Waals surface area contributed by atoms with Crippen LogP contribution in [-0.4, -0.2) is 75.1 Å². The summed E-state index contributed by atoms with van der Waals surface area (Å²) in [6, 6.07) is 6.83. The summed E-state index contributed by atoms with van der Waals surface area (Å²) in [5.41, 5.74) is 1.98. The molecule has 0 atom stereocenters. The number of hydrogen-bond acceptors (Lipinski definition) is 5. The molecule has 1 saturated heterocycles. The average Bonchev–Trinajstić information content (AvgIpc) is 3.25. The molecule has 2 aliphatic heterocycles. The number of fused-ring (bicyclic) bond motifs is 2. The third-order valence-corrected chi connectivity index (χ3v) is 5.89. The molecule has 4 rings (SSSR count). The fraction of sp³-hybridized carbons (Fsp3) is 0.500. The van der Waals surface area contributed by atoms with Gasteiger partial charge in [0.05, 0.1) is 17.4 Å². The molecule has 1 aromatic carbocycles. The first kappa shape index (κ1) is 30.0. The first-order chi connectivity index (χ1) is 17.1. The van der Waals surface area contributed by atoms with Crippen LogP contribution in [0.15, 0.2) is 30.5 Å². The number of carboxylic acid groups (broad SMARTS) is 2. The van der Waals surface area contributed by atoms with Crippen LogP contribution in [0.5, 0.6) is 0 Å². The van der Waals surface area contributed by atoms with Crippen molar-refractivity contribution in [2.75, 3.05) is 26.2 Å². The predicted octanol–water partition coefficient (Wildman–Crippen LogP) is 3.87. The Morgan fingerprint density at radius 2 is 1.57 bits per heavy atom. The number of aromatic nitrogens is 2. The molecule has 3 heterocycles. The van der Waals surface area contributed by atoms with Crippen LogP contribution >= 0.6 is 0 Å². The van der Waals surface area contributed by atoms with Gasteiger partial charge in [-0.25, -0.2) is 19.0 Å². The number of nitrogens with one attached hydrogen (secondary N) is 1. The van der Waals surface area contributed by atoms with E-state index in [4.69, 9.17) is 24.8 Å². The molecule has 2 aromatic rings. The van der Waals surface area contributed by atoms with Gasteiger partial charge in [0.1, 0.15) is 11.6 Å². The van der Waals surface area contributed by atoms with Crippen LogP contribution in [-0.2, 0) is 21.7 Å². The van der Waals surface area contributed by atoms with Crippen LogP contribution in [0.4, 0.5) is 30.7 Å². The number of carboxylic acids is 2. The van der Waals surface area contributed by atoms with Gasteiger partial charge < -0.3 is 20.1 Å². The zero-order valence-electron chi connectivity index (χ0n) is 19.5. The maximum absolute atomic E-state index is 13.6. The van der Waals surface area contributed by atoms with E-state index in [9.17, 15) is 30.7 Å². The lowest BCUT2D eigenvalue weighted by molar-refractivity contribution is -0.193. The van der Waals surface area contributed by atoms with Crippen molar-refractivity contribution in [2.24, 2.45) is 0 Å². The van der Waals surface area contributed by atoms with Crippen molar-refractivity contribution in [1.29, 1.82) is 0 Å². The Balaban J connectivity index is 0.000000286. The number of hydrogen-bond donors (Lipinski definition) is 3. The molecular formula is C22H25F7N4O4. The molecule has 1 spiro atoms. The number of carbonyl (C=O) groups is 2. The van der Waals surface area contributed by atoms with E-state index in [1.54, 1.807) is 12.1 Å². The highest BCUT2D eigenvalue weighted by molar-refractivity contribution is 5.73. The highest BCUT2D eigenvalue weighted by Gasteiger charge is 2.45. The Labute approximate surface area is 206 Å². The van der Waals surface area contributed by atoms with Gasteiger partial charge in [-0.05, 0) is 44.6 Å². The summed E-state index contributed by atoms with van der Waals surface area (Å²) in [5, 5.41) is 17.7. The Hall–Kier alpha value is -3.20. The molecule has 0 saturated carbocycles. The summed E-state index contributed by atoms with van der Waals surface area (Å²) in [7, 11) is 0. The smallest absolute Gasteiger partial charge is 0.475 e. The van der Waals surface area contributed by atoms with Gasteiger partial charge in [0, 0.05) is 18.7 Å². The molecule has 0 amide bonds. The van der Waals surface area contributed by atoms with Crippen molar-refractivity contribution in [3.05, 3.63) is 42.1 Å². The molecule has 206 valence electrons. The number of imidazole rings is 1. The molecule has 3 N–H and O–H groups in total. The van der Waals surface area contributed by atoms with Crippen LogP contribution in [0.3, 0.4) is 0 Å². The summed E-state index contributed by atoms with van der Waals surface area (Å²) < 4.78 is 79.4. The van der Waals surface area contributed by atoms with E-state index in [1.165, 1.54) is 6.07 Å². The van der Waals surface area contributed by atoms with Gasteiger partial charge in [-0.2, -0.15) is 26.3 Å². The second-order valence-corrected chi connectivity index (χ2v) is 8.10. The van der Waals surface area contributed by atoms with Crippen molar-refractivity contribution >= 4 is 11.9 Å². The lowest BCUT2D eigenvalue weighted by Gasteiger charge is -2.49. The quantitative estimate of drug-likeness (QED) is 0.495. The third kappa shape index (κ3) is 7.41. The van der Waals surface area contributed by atoms with Gasteiger partial charge in [0.25, 0.3) is 0 Å². The number of halogens is 7. The van der Waals surface area contributed by atoms with Gasteiger partial charge in [0.2, 0.25) is 0 Å².